The average molecular weight is 438 g/mol. The zero-order chi connectivity index (χ0) is 20.6. The molecule has 0 spiro atoms. The number of halogens is 1. The Hall–Kier alpha value is -1.89. The van der Waals surface area contributed by atoms with E-state index < -0.39 is 0 Å². The number of imidazole rings is 1. The molecule has 0 aliphatic rings. The van der Waals surface area contributed by atoms with Crippen LogP contribution in [0.2, 0.25) is 0 Å². The van der Waals surface area contributed by atoms with Crippen LogP contribution >= 0.6 is 15.9 Å². The fourth-order valence-electron chi connectivity index (χ4n) is 2.32. The van der Waals surface area contributed by atoms with Gasteiger partial charge in [-0.05, 0) is 56.6 Å². The number of hydrogen-bond donors (Lipinski definition) is 1. The second-order valence-electron chi connectivity index (χ2n) is 7.21. The maximum atomic E-state index is 5.74. The van der Waals surface area contributed by atoms with E-state index in [1.165, 1.54) is 6.42 Å². The van der Waals surface area contributed by atoms with Crippen LogP contribution in [0, 0.1) is 0 Å². The predicted octanol–water partition coefficient (Wildman–Crippen LogP) is 5.34. The van der Waals surface area contributed by atoms with Gasteiger partial charge in [0.15, 0.2) is 5.88 Å². The lowest BCUT2D eigenvalue weighted by Crippen LogP contribution is -2.28. The highest BCUT2D eigenvalue weighted by Gasteiger charge is 2.20. The number of aryl methyl sites for hydroxylation is 1. The average Bonchev–Trinajstić information content (AvgIpc) is 2.98. The SMILES string of the molecule is C=C(NC(C)c1ncc(CC)n1-c1ncc(Br)cn1)OC(C)(C)C.CCC. The van der Waals surface area contributed by atoms with E-state index in [-0.39, 0.29) is 11.6 Å². The van der Waals surface area contributed by atoms with Crippen molar-refractivity contribution >= 4 is 15.9 Å². The molecule has 2 aromatic heterocycles. The lowest BCUT2D eigenvalue weighted by atomic mass is 10.2. The Morgan fingerprint density at radius 1 is 1.19 bits per heavy atom. The summed E-state index contributed by atoms with van der Waals surface area (Å²) in [6.07, 6.45) is 7.39. The summed E-state index contributed by atoms with van der Waals surface area (Å²) in [7, 11) is 0. The maximum absolute atomic E-state index is 5.74. The molecule has 6 nitrogen and oxygen atoms in total. The summed E-state index contributed by atoms with van der Waals surface area (Å²) < 4.78 is 8.55. The molecule has 0 aliphatic heterocycles. The van der Waals surface area contributed by atoms with Crippen LogP contribution < -0.4 is 5.32 Å². The summed E-state index contributed by atoms with van der Waals surface area (Å²) >= 11 is 3.36. The minimum absolute atomic E-state index is 0.104. The molecule has 1 N–H and O–H groups in total. The van der Waals surface area contributed by atoms with Gasteiger partial charge in [-0.15, -0.1) is 0 Å². The molecule has 7 heteroatoms. The summed E-state index contributed by atoms with van der Waals surface area (Å²) in [5, 5.41) is 3.25. The van der Waals surface area contributed by atoms with Crippen molar-refractivity contribution in [3.63, 3.8) is 0 Å². The van der Waals surface area contributed by atoms with E-state index in [9.17, 15) is 0 Å². The largest absolute Gasteiger partial charge is 0.474 e. The fourth-order valence-corrected chi connectivity index (χ4v) is 2.52. The first-order valence-electron chi connectivity index (χ1n) is 9.31. The van der Waals surface area contributed by atoms with E-state index in [0.29, 0.717) is 11.8 Å². The Bertz CT molecular complexity index is 719. The molecule has 0 saturated carbocycles. The fraction of sp³-hybridized carbons (Fsp3) is 0.550. The van der Waals surface area contributed by atoms with E-state index in [2.05, 4.69) is 63.5 Å². The molecule has 0 amide bonds. The molecular weight excluding hydrogens is 406 g/mol. The summed E-state index contributed by atoms with van der Waals surface area (Å²) in [6.45, 7) is 18.2. The minimum Gasteiger partial charge on any atom is -0.474 e. The number of hydrogen-bond acceptors (Lipinski definition) is 5. The van der Waals surface area contributed by atoms with Gasteiger partial charge in [0, 0.05) is 24.3 Å². The summed E-state index contributed by atoms with van der Waals surface area (Å²) in [5.41, 5.74) is 0.742. The molecule has 150 valence electrons. The highest BCUT2D eigenvalue weighted by atomic mass is 79.9. The molecule has 2 heterocycles. The van der Waals surface area contributed by atoms with Gasteiger partial charge in [0.2, 0.25) is 5.95 Å². The normalized spacial score (nSPS) is 12.0. The minimum atomic E-state index is -0.303. The Kier molecular flexibility index (Phi) is 8.96. The van der Waals surface area contributed by atoms with Gasteiger partial charge in [0.25, 0.3) is 0 Å². The third-order valence-corrected chi connectivity index (χ3v) is 3.63. The second-order valence-corrected chi connectivity index (χ2v) is 8.12. The van der Waals surface area contributed by atoms with Crippen LogP contribution in [0.5, 0.6) is 0 Å². The van der Waals surface area contributed by atoms with Gasteiger partial charge in [-0.25, -0.2) is 15.0 Å². The van der Waals surface area contributed by atoms with Crippen molar-refractivity contribution in [3.8, 4) is 5.95 Å². The molecule has 0 aromatic carbocycles. The monoisotopic (exact) mass is 437 g/mol. The van der Waals surface area contributed by atoms with E-state index >= 15 is 0 Å². The summed E-state index contributed by atoms with van der Waals surface area (Å²) in [6, 6.07) is -0.104. The predicted molar refractivity (Wildman–Crippen MR) is 114 cm³/mol. The molecule has 0 radical (unpaired) electrons. The van der Waals surface area contributed by atoms with E-state index in [4.69, 9.17) is 4.74 Å². The van der Waals surface area contributed by atoms with Crippen molar-refractivity contribution in [3.05, 3.63) is 47.0 Å². The number of rotatable bonds is 6. The zero-order valence-corrected chi connectivity index (χ0v) is 19.1. The first kappa shape index (κ1) is 23.1. The molecule has 2 aromatic rings. The van der Waals surface area contributed by atoms with Crippen LogP contribution in [0.4, 0.5) is 0 Å². The Balaban J connectivity index is 0.00000114. The zero-order valence-electron chi connectivity index (χ0n) is 17.5. The van der Waals surface area contributed by atoms with Crippen molar-refractivity contribution in [1.29, 1.82) is 0 Å². The van der Waals surface area contributed by atoms with E-state index in [1.54, 1.807) is 12.4 Å². The van der Waals surface area contributed by atoms with Crippen LogP contribution in [0.25, 0.3) is 5.95 Å². The standard InChI is InChI=1S/C17H24BrN5O.C3H8/c1-7-14-10-19-15(11(2)22-12(3)24-17(4,5)6)23(14)16-20-8-13(18)9-21-16;1-3-2/h8-11,22H,3,7H2,1-2,4-6H3;3H2,1-2H3. The number of ether oxygens (including phenoxy) is 1. The van der Waals surface area contributed by atoms with Gasteiger partial charge in [-0.2, -0.15) is 0 Å². The first-order chi connectivity index (χ1) is 12.6. The van der Waals surface area contributed by atoms with Crippen LogP contribution in [0.3, 0.4) is 0 Å². The van der Waals surface area contributed by atoms with Gasteiger partial charge in [-0.1, -0.05) is 27.2 Å². The van der Waals surface area contributed by atoms with E-state index in [1.807, 2.05) is 38.5 Å². The van der Waals surface area contributed by atoms with Crippen molar-refractivity contribution in [2.45, 2.75) is 73.0 Å². The van der Waals surface area contributed by atoms with Crippen LogP contribution in [-0.4, -0.2) is 25.1 Å². The highest BCUT2D eigenvalue weighted by Crippen LogP contribution is 2.21. The third kappa shape index (κ3) is 7.33. The Morgan fingerprint density at radius 3 is 2.22 bits per heavy atom. The van der Waals surface area contributed by atoms with Crippen molar-refractivity contribution in [2.24, 2.45) is 0 Å². The van der Waals surface area contributed by atoms with Gasteiger partial charge in [-0.3, -0.25) is 4.57 Å². The number of nitrogens with one attached hydrogen (secondary N) is 1. The lowest BCUT2D eigenvalue weighted by molar-refractivity contribution is 0.0385. The first-order valence-corrected chi connectivity index (χ1v) is 10.1. The Morgan fingerprint density at radius 2 is 1.74 bits per heavy atom. The number of aromatic nitrogens is 4. The molecule has 1 unspecified atom stereocenters. The molecule has 0 fully saturated rings. The summed E-state index contributed by atoms with van der Waals surface area (Å²) in [4.78, 5) is 13.3. The van der Waals surface area contributed by atoms with Crippen LogP contribution in [0.1, 0.15) is 72.4 Å². The molecule has 0 saturated heterocycles. The van der Waals surface area contributed by atoms with E-state index in [0.717, 1.165) is 22.4 Å². The van der Waals surface area contributed by atoms with Gasteiger partial charge in [0.05, 0.1) is 10.5 Å². The Labute approximate surface area is 171 Å². The molecule has 0 aliphatic carbocycles. The van der Waals surface area contributed by atoms with Gasteiger partial charge < -0.3 is 10.1 Å². The molecule has 0 bridgehead atoms. The number of nitrogens with zero attached hydrogens (tertiary/aromatic N) is 4. The van der Waals surface area contributed by atoms with Crippen molar-refractivity contribution in [2.75, 3.05) is 0 Å². The third-order valence-electron chi connectivity index (χ3n) is 3.23. The maximum Gasteiger partial charge on any atom is 0.235 e. The molecule has 2 rings (SSSR count). The topological polar surface area (TPSA) is 64.9 Å². The van der Waals surface area contributed by atoms with Gasteiger partial charge >= 0.3 is 0 Å². The lowest BCUT2D eigenvalue weighted by Gasteiger charge is -2.25. The quantitative estimate of drug-likeness (QED) is 0.617. The van der Waals surface area contributed by atoms with Crippen molar-refractivity contribution in [1.82, 2.24) is 24.8 Å². The van der Waals surface area contributed by atoms with Crippen molar-refractivity contribution < 1.29 is 4.74 Å². The van der Waals surface area contributed by atoms with Crippen LogP contribution in [0.15, 0.2) is 35.5 Å². The molecule has 1 atom stereocenters. The smallest absolute Gasteiger partial charge is 0.235 e. The molecular formula is C20H32BrN5O. The van der Waals surface area contributed by atoms with Gasteiger partial charge in [0.1, 0.15) is 11.4 Å². The highest BCUT2D eigenvalue weighted by molar-refractivity contribution is 9.10. The van der Waals surface area contributed by atoms with Crippen LogP contribution in [-0.2, 0) is 11.2 Å². The molecule has 27 heavy (non-hydrogen) atoms. The second kappa shape index (κ2) is 10.4. The summed E-state index contributed by atoms with van der Waals surface area (Å²) in [5.74, 6) is 1.92.